The van der Waals surface area contributed by atoms with Crippen LogP contribution in [-0.4, -0.2) is 10.1 Å². The molecule has 124 valence electrons. The van der Waals surface area contributed by atoms with E-state index in [9.17, 15) is 5.11 Å². The lowest BCUT2D eigenvalue weighted by Crippen LogP contribution is -2.13. The van der Waals surface area contributed by atoms with Crippen LogP contribution in [0, 0.1) is 0 Å². The van der Waals surface area contributed by atoms with Gasteiger partial charge in [-0.1, -0.05) is 39.1 Å². The molecule has 3 aromatic rings. The molecule has 1 N–H and O–H groups in total. The summed E-state index contributed by atoms with van der Waals surface area (Å²) in [5.41, 5.74) is 2.77. The molecule has 1 aromatic heterocycles. The Hall–Kier alpha value is -0.920. The molecule has 0 aliphatic heterocycles. The van der Waals surface area contributed by atoms with E-state index >= 15 is 0 Å². The zero-order valence-corrected chi connectivity index (χ0v) is 16.8. The first-order valence-electron chi connectivity index (χ1n) is 6.79. The quantitative estimate of drug-likeness (QED) is 0.432. The molecule has 3 nitrogen and oxygen atoms in total. The SMILES string of the molecule is Oc1c(Cl)cc(Br)cc1SN(Cc1cncs1)c1ccc(Cl)cc1. The van der Waals surface area contributed by atoms with Crippen LogP contribution in [0.25, 0.3) is 0 Å². The summed E-state index contributed by atoms with van der Waals surface area (Å²) in [5, 5.41) is 11.2. The van der Waals surface area contributed by atoms with Crippen LogP contribution in [0.5, 0.6) is 5.75 Å². The zero-order chi connectivity index (χ0) is 17.1. The van der Waals surface area contributed by atoms with Crippen LogP contribution >= 0.6 is 62.4 Å². The lowest BCUT2D eigenvalue weighted by atomic mass is 10.3. The molecule has 24 heavy (non-hydrogen) atoms. The number of anilines is 1. The van der Waals surface area contributed by atoms with Gasteiger partial charge in [0, 0.05) is 26.3 Å². The van der Waals surface area contributed by atoms with Crippen LogP contribution in [0.4, 0.5) is 5.69 Å². The van der Waals surface area contributed by atoms with Crippen LogP contribution in [0.1, 0.15) is 4.88 Å². The van der Waals surface area contributed by atoms with Gasteiger partial charge in [0.2, 0.25) is 0 Å². The van der Waals surface area contributed by atoms with Crippen LogP contribution in [0.15, 0.2) is 57.5 Å². The Kier molecular flexibility index (Phi) is 5.94. The van der Waals surface area contributed by atoms with Crippen molar-refractivity contribution in [2.45, 2.75) is 11.4 Å². The molecule has 0 saturated heterocycles. The molecule has 0 unspecified atom stereocenters. The van der Waals surface area contributed by atoms with Gasteiger partial charge < -0.3 is 9.41 Å². The number of phenols is 1. The Balaban J connectivity index is 1.94. The van der Waals surface area contributed by atoms with Gasteiger partial charge in [-0.3, -0.25) is 4.98 Å². The molecule has 0 bridgehead atoms. The third-order valence-electron chi connectivity index (χ3n) is 3.10. The fourth-order valence-corrected chi connectivity index (χ4v) is 4.83. The second kappa shape index (κ2) is 7.97. The molecular formula is C16H11BrCl2N2OS2. The lowest BCUT2D eigenvalue weighted by Gasteiger charge is -2.23. The number of aromatic hydroxyl groups is 1. The number of thiazole rings is 1. The molecule has 0 radical (unpaired) electrons. The van der Waals surface area contributed by atoms with E-state index in [-0.39, 0.29) is 5.75 Å². The van der Waals surface area contributed by atoms with Gasteiger partial charge in [-0.2, -0.15) is 0 Å². The fraction of sp³-hybridized carbons (Fsp3) is 0.0625. The highest BCUT2D eigenvalue weighted by Gasteiger charge is 2.16. The maximum Gasteiger partial charge on any atom is 0.149 e. The Morgan fingerprint density at radius 1 is 1.21 bits per heavy atom. The lowest BCUT2D eigenvalue weighted by molar-refractivity contribution is 0.462. The fourth-order valence-electron chi connectivity index (χ4n) is 1.98. The first-order valence-corrected chi connectivity index (χ1v) is 9.99. The summed E-state index contributed by atoms with van der Waals surface area (Å²) in [5.74, 6) is 0.0631. The first kappa shape index (κ1) is 17.9. The van der Waals surface area contributed by atoms with Gasteiger partial charge in [0.05, 0.1) is 22.0 Å². The highest BCUT2D eigenvalue weighted by molar-refractivity contribution is 9.10. The van der Waals surface area contributed by atoms with Crippen molar-refractivity contribution >= 4 is 68.1 Å². The van der Waals surface area contributed by atoms with E-state index in [2.05, 4.69) is 25.2 Å². The van der Waals surface area contributed by atoms with Crippen LogP contribution in [0.3, 0.4) is 0 Å². The number of rotatable bonds is 5. The van der Waals surface area contributed by atoms with Gasteiger partial charge in [0.1, 0.15) is 5.75 Å². The highest BCUT2D eigenvalue weighted by atomic mass is 79.9. The Morgan fingerprint density at radius 3 is 2.62 bits per heavy atom. The number of aromatic nitrogens is 1. The Morgan fingerprint density at radius 2 is 1.96 bits per heavy atom. The monoisotopic (exact) mass is 460 g/mol. The number of hydrogen-bond acceptors (Lipinski definition) is 5. The van der Waals surface area contributed by atoms with Crippen molar-refractivity contribution in [3.05, 3.63) is 67.5 Å². The predicted octanol–water partition coefficient (Wildman–Crippen LogP) is 6.63. The van der Waals surface area contributed by atoms with Crippen molar-refractivity contribution in [2.75, 3.05) is 4.31 Å². The second-order valence-electron chi connectivity index (χ2n) is 4.81. The number of halogens is 3. The van der Waals surface area contributed by atoms with Gasteiger partial charge in [-0.15, -0.1) is 11.3 Å². The zero-order valence-electron chi connectivity index (χ0n) is 12.1. The summed E-state index contributed by atoms with van der Waals surface area (Å²) in [7, 11) is 0. The van der Waals surface area contributed by atoms with E-state index in [1.165, 1.54) is 11.9 Å². The van der Waals surface area contributed by atoms with Crippen molar-refractivity contribution in [1.82, 2.24) is 4.98 Å². The maximum atomic E-state index is 10.3. The molecule has 0 fully saturated rings. The molecule has 0 atom stereocenters. The first-order chi connectivity index (χ1) is 11.5. The molecule has 0 spiro atoms. The highest BCUT2D eigenvalue weighted by Crippen LogP contribution is 2.41. The van der Waals surface area contributed by atoms with E-state index in [1.807, 2.05) is 36.5 Å². The number of benzene rings is 2. The number of phenolic OH excluding ortho intramolecular Hbond substituents is 1. The van der Waals surface area contributed by atoms with E-state index < -0.39 is 0 Å². The summed E-state index contributed by atoms with van der Waals surface area (Å²) >= 11 is 18.5. The van der Waals surface area contributed by atoms with Crippen LogP contribution in [-0.2, 0) is 6.54 Å². The molecular weight excluding hydrogens is 451 g/mol. The molecule has 0 aliphatic rings. The normalized spacial score (nSPS) is 10.8. The van der Waals surface area contributed by atoms with E-state index in [0.29, 0.717) is 21.5 Å². The summed E-state index contributed by atoms with van der Waals surface area (Å²) in [4.78, 5) is 5.89. The molecule has 0 aliphatic carbocycles. The molecule has 3 rings (SSSR count). The molecule has 2 aromatic carbocycles. The van der Waals surface area contributed by atoms with Crippen molar-refractivity contribution in [1.29, 1.82) is 0 Å². The number of hydrogen-bond donors (Lipinski definition) is 1. The van der Waals surface area contributed by atoms with Gasteiger partial charge in [-0.25, -0.2) is 0 Å². The summed E-state index contributed by atoms with van der Waals surface area (Å²) < 4.78 is 2.86. The third-order valence-corrected chi connectivity index (χ3v) is 5.93. The standard InChI is InChI=1S/C16H11BrCl2N2OS2/c17-10-5-14(19)16(22)15(6-10)24-21(8-13-7-20-9-23-13)12-3-1-11(18)2-4-12/h1-7,9,22H,8H2. The molecule has 0 saturated carbocycles. The minimum atomic E-state index is 0.0631. The predicted molar refractivity (Wildman–Crippen MR) is 106 cm³/mol. The van der Waals surface area contributed by atoms with E-state index in [0.717, 1.165) is 15.0 Å². The minimum absolute atomic E-state index is 0.0631. The number of nitrogens with zero attached hydrogens (tertiary/aromatic N) is 2. The summed E-state index contributed by atoms with van der Waals surface area (Å²) in [6, 6.07) is 11.0. The van der Waals surface area contributed by atoms with Gasteiger partial charge in [0.25, 0.3) is 0 Å². The smallest absolute Gasteiger partial charge is 0.149 e. The van der Waals surface area contributed by atoms with Gasteiger partial charge in [-0.05, 0) is 48.3 Å². The van der Waals surface area contributed by atoms with Crippen molar-refractivity contribution in [2.24, 2.45) is 0 Å². The van der Waals surface area contributed by atoms with Crippen LogP contribution < -0.4 is 4.31 Å². The van der Waals surface area contributed by atoms with Gasteiger partial charge in [0.15, 0.2) is 0 Å². The Bertz CT molecular complexity index is 829. The second-order valence-corrected chi connectivity index (χ2v) is 8.60. The van der Waals surface area contributed by atoms with E-state index in [1.54, 1.807) is 22.9 Å². The molecule has 0 amide bonds. The van der Waals surface area contributed by atoms with E-state index in [4.69, 9.17) is 23.2 Å². The molecule has 8 heteroatoms. The average Bonchev–Trinajstić information content (AvgIpc) is 3.05. The van der Waals surface area contributed by atoms with Crippen molar-refractivity contribution in [3.63, 3.8) is 0 Å². The van der Waals surface area contributed by atoms with Crippen molar-refractivity contribution in [3.8, 4) is 5.75 Å². The Labute approximate surface area is 166 Å². The van der Waals surface area contributed by atoms with Crippen molar-refractivity contribution < 1.29 is 5.11 Å². The summed E-state index contributed by atoms with van der Waals surface area (Å²) in [6.45, 7) is 0.639. The largest absolute Gasteiger partial charge is 0.505 e. The van der Waals surface area contributed by atoms with Crippen LogP contribution in [0.2, 0.25) is 10.0 Å². The average molecular weight is 462 g/mol. The topological polar surface area (TPSA) is 36.4 Å². The van der Waals surface area contributed by atoms with Gasteiger partial charge >= 0.3 is 0 Å². The maximum absolute atomic E-state index is 10.3. The molecule has 1 heterocycles. The summed E-state index contributed by atoms with van der Waals surface area (Å²) in [6.07, 6.45) is 1.84. The third kappa shape index (κ3) is 4.37. The minimum Gasteiger partial charge on any atom is -0.505 e.